The standard InChI is InChI=1S/C19H18N6O2S/c20-13-15-3-1-2-4-17(15)24-18-10-12-23-19(25-18)22-11-9-14-5-7-16(8-6-14)28(21,26)27/h1-8,10,12H,9,11H2,(H2,21,26,27)(H2,22,23,24,25). The van der Waals surface area contributed by atoms with Crippen LogP contribution in [0.4, 0.5) is 17.5 Å². The average Bonchev–Trinajstić information content (AvgIpc) is 2.68. The van der Waals surface area contributed by atoms with Crippen LogP contribution in [0.5, 0.6) is 0 Å². The van der Waals surface area contributed by atoms with Crippen molar-refractivity contribution in [3.8, 4) is 6.07 Å². The first kappa shape index (κ1) is 19.3. The molecule has 28 heavy (non-hydrogen) atoms. The fraction of sp³-hybridized carbons (Fsp3) is 0.105. The van der Waals surface area contributed by atoms with Gasteiger partial charge in [0.05, 0.1) is 16.1 Å². The molecule has 0 atom stereocenters. The summed E-state index contributed by atoms with van der Waals surface area (Å²) in [5, 5.41) is 20.5. The van der Waals surface area contributed by atoms with E-state index < -0.39 is 10.0 Å². The third kappa shape index (κ3) is 5.03. The van der Waals surface area contributed by atoms with Crippen LogP contribution in [0.15, 0.2) is 65.7 Å². The lowest BCUT2D eigenvalue weighted by atomic mass is 10.1. The zero-order valence-electron chi connectivity index (χ0n) is 14.8. The fourth-order valence-corrected chi connectivity index (χ4v) is 3.02. The Kier molecular flexibility index (Phi) is 5.84. The molecule has 0 unspecified atom stereocenters. The molecular weight excluding hydrogens is 376 g/mol. The maximum atomic E-state index is 11.3. The normalized spacial score (nSPS) is 10.9. The van der Waals surface area contributed by atoms with E-state index in [1.165, 1.54) is 12.1 Å². The predicted molar refractivity (Wildman–Crippen MR) is 106 cm³/mol. The van der Waals surface area contributed by atoms with Crippen LogP contribution in [-0.2, 0) is 16.4 Å². The summed E-state index contributed by atoms with van der Waals surface area (Å²) in [6.45, 7) is 0.562. The monoisotopic (exact) mass is 394 g/mol. The highest BCUT2D eigenvalue weighted by atomic mass is 32.2. The van der Waals surface area contributed by atoms with Crippen LogP contribution in [0.25, 0.3) is 0 Å². The van der Waals surface area contributed by atoms with Crippen LogP contribution >= 0.6 is 0 Å². The first-order valence-corrected chi connectivity index (χ1v) is 9.95. The molecule has 142 valence electrons. The Balaban J connectivity index is 1.60. The van der Waals surface area contributed by atoms with Crippen LogP contribution in [-0.4, -0.2) is 24.9 Å². The van der Waals surface area contributed by atoms with Gasteiger partial charge >= 0.3 is 0 Å². The van der Waals surface area contributed by atoms with Crippen LogP contribution in [0.2, 0.25) is 0 Å². The van der Waals surface area contributed by atoms with E-state index >= 15 is 0 Å². The molecule has 1 aromatic heterocycles. The van der Waals surface area contributed by atoms with Crippen molar-refractivity contribution in [1.82, 2.24) is 9.97 Å². The van der Waals surface area contributed by atoms with Gasteiger partial charge in [-0.25, -0.2) is 18.5 Å². The van der Waals surface area contributed by atoms with Gasteiger partial charge in [0.25, 0.3) is 0 Å². The lowest BCUT2D eigenvalue weighted by molar-refractivity contribution is 0.598. The quantitative estimate of drug-likeness (QED) is 0.560. The molecule has 0 spiro atoms. The number of primary sulfonamides is 1. The van der Waals surface area contributed by atoms with Crippen molar-refractivity contribution in [2.45, 2.75) is 11.3 Å². The number of sulfonamides is 1. The summed E-state index contributed by atoms with van der Waals surface area (Å²) < 4.78 is 22.5. The predicted octanol–water partition coefficient (Wildman–Crippen LogP) is 2.39. The molecule has 8 nitrogen and oxygen atoms in total. The highest BCUT2D eigenvalue weighted by molar-refractivity contribution is 7.89. The van der Waals surface area contributed by atoms with Gasteiger partial charge in [0, 0.05) is 12.7 Å². The summed E-state index contributed by atoms with van der Waals surface area (Å²) in [6.07, 6.45) is 2.27. The number of hydrogen-bond donors (Lipinski definition) is 3. The zero-order valence-corrected chi connectivity index (χ0v) is 15.6. The Morgan fingerprint density at radius 2 is 1.82 bits per heavy atom. The van der Waals surface area contributed by atoms with E-state index in [1.54, 1.807) is 42.6 Å². The Morgan fingerprint density at radius 3 is 2.54 bits per heavy atom. The minimum atomic E-state index is -3.68. The molecule has 0 radical (unpaired) electrons. The molecule has 4 N–H and O–H groups in total. The molecule has 3 rings (SSSR count). The molecule has 0 aliphatic rings. The van der Waals surface area contributed by atoms with Crippen LogP contribution in [0.3, 0.4) is 0 Å². The third-order valence-corrected chi connectivity index (χ3v) is 4.84. The van der Waals surface area contributed by atoms with Gasteiger partial charge in [0.1, 0.15) is 11.9 Å². The highest BCUT2D eigenvalue weighted by Gasteiger charge is 2.07. The number of anilines is 3. The summed E-state index contributed by atoms with van der Waals surface area (Å²) >= 11 is 0. The van der Waals surface area contributed by atoms with E-state index in [2.05, 4.69) is 26.7 Å². The van der Waals surface area contributed by atoms with Gasteiger partial charge < -0.3 is 10.6 Å². The number of para-hydroxylation sites is 1. The van der Waals surface area contributed by atoms with Crippen molar-refractivity contribution >= 4 is 27.5 Å². The van der Waals surface area contributed by atoms with E-state index in [9.17, 15) is 8.42 Å². The van der Waals surface area contributed by atoms with E-state index in [1.807, 2.05) is 6.07 Å². The van der Waals surface area contributed by atoms with Crippen molar-refractivity contribution in [3.63, 3.8) is 0 Å². The van der Waals surface area contributed by atoms with Crippen molar-refractivity contribution in [3.05, 3.63) is 71.9 Å². The lowest BCUT2D eigenvalue weighted by Gasteiger charge is -2.09. The number of benzene rings is 2. The Bertz CT molecular complexity index is 1110. The van der Waals surface area contributed by atoms with E-state index in [4.69, 9.17) is 10.4 Å². The van der Waals surface area contributed by atoms with Crippen molar-refractivity contribution in [1.29, 1.82) is 5.26 Å². The summed E-state index contributed by atoms with van der Waals surface area (Å²) in [5.74, 6) is 1.01. The van der Waals surface area contributed by atoms with Crippen molar-refractivity contribution in [2.75, 3.05) is 17.2 Å². The molecule has 1 heterocycles. The van der Waals surface area contributed by atoms with Crippen LogP contribution in [0, 0.1) is 11.3 Å². The SMILES string of the molecule is N#Cc1ccccc1Nc1ccnc(NCCc2ccc(S(N)(=O)=O)cc2)n1. The smallest absolute Gasteiger partial charge is 0.238 e. The second-order valence-electron chi connectivity index (χ2n) is 5.91. The number of hydrogen-bond acceptors (Lipinski definition) is 7. The second kappa shape index (κ2) is 8.47. The molecule has 2 aromatic carbocycles. The summed E-state index contributed by atoms with van der Waals surface area (Å²) in [6, 6.07) is 17.4. The van der Waals surface area contributed by atoms with Gasteiger partial charge in [-0.3, -0.25) is 0 Å². The molecule has 3 aromatic rings. The highest BCUT2D eigenvalue weighted by Crippen LogP contribution is 2.19. The lowest BCUT2D eigenvalue weighted by Crippen LogP contribution is -2.12. The molecule has 0 aliphatic heterocycles. The summed E-state index contributed by atoms with van der Waals surface area (Å²) in [4.78, 5) is 8.65. The number of rotatable bonds is 7. The summed E-state index contributed by atoms with van der Waals surface area (Å²) in [5.41, 5.74) is 2.15. The van der Waals surface area contributed by atoms with Gasteiger partial charge in [-0.05, 0) is 42.3 Å². The molecule has 0 saturated heterocycles. The van der Waals surface area contributed by atoms with E-state index in [-0.39, 0.29) is 4.90 Å². The molecule has 0 amide bonds. The molecule has 0 aliphatic carbocycles. The summed E-state index contributed by atoms with van der Waals surface area (Å²) in [7, 11) is -3.68. The molecule has 0 fully saturated rings. The van der Waals surface area contributed by atoms with Crippen LogP contribution in [0.1, 0.15) is 11.1 Å². The Labute approximate surface area is 163 Å². The second-order valence-corrected chi connectivity index (χ2v) is 7.48. The molecule has 0 bridgehead atoms. The first-order valence-electron chi connectivity index (χ1n) is 8.40. The van der Waals surface area contributed by atoms with Gasteiger partial charge in [-0.15, -0.1) is 0 Å². The Morgan fingerprint density at radius 1 is 1.07 bits per heavy atom. The van der Waals surface area contributed by atoms with Gasteiger partial charge in [0.2, 0.25) is 16.0 Å². The van der Waals surface area contributed by atoms with Crippen LogP contribution < -0.4 is 15.8 Å². The molecule has 0 saturated carbocycles. The average molecular weight is 394 g/mol. The minimum absolute atomic E-state index is 0.0870. The van der Waals surface area contributed by atoms with Gasteiger partial charge in [0.15, 0.2) is 0 Å². The molecular formula is C19H18N6O2S. The number of nitrogens with zero attached hydrogens (tertiary/aromatic N) is 3. The zero-order chi connectivity index (χ0) is 20.0. The third-order valence-electron chi connectivity index (χ3n) is 3.91. The maximum absolute atomic E-state index is 11.3. The van der Waals surface area contributed by atoms with Crippen molar-refractivity contribution in [2.24, 2.45) is 5.14 Å². The van der Waals surface area contributed by atoms with E-state index in [0.717, 1.165) is 5.56 Å². The number of nitriles is 1. The topological polar surface area (TPSA) is 134 Å². The van der Waals surface area contributed by atoms with Crippen molar-refractivity contribution < 1.29 is 8.42 Å². The number of nitrogens with two attached hydrogens (primary N) is 1. The molecule has 9 heteroatoms. The van der Waals surface area contributed by atoms with Gasteiger partial charge in [-0.2, -0.15) is 10.2 Å². The Hall–Kier alpha value is -3.48. The number of nitrogens with one attached hydrogen (secondary N) is 2. The van der Waals surface area contributed by atoms with Gasteiger partial charge in [-0.1, -0.05) is 24.3 Å². The minimum Gasteiger partial charge on any atom is -0.354 e. The number of aromatic nitrogens is 2. The first-order chi connectivity index (χ1) is 13.5. The van der Waals surface area contributed by atoms with E-state index in [0.29, 0.717) is 36.0 Å². The maximum Gasteiger partial charge on any atom is 0.238 e. The largest absolute Gasteiger partial charge is 0.354 e. The fourth-order valence-electron chi connectivity index (χ4n) is 2.51.